The summed E-state index contributed by atoms with van der Waals surface area (Å²) < 4.78 is 37.9. The lowest BCUT2D eigenvalue weighted by Crippen LogP contribution is -2.20. The van der Waals surface area contributed by atoms with Gasteiger partial charge in [-0.25, -0.2) is 4.98 Å². The van der Waals surface area contributed by atoms with Crippen molar-refractivity contribution in [1.82, 2.24) is 9.97 Å². The molecule has 1 amide bonds. The molecule has 2 aromatic rings. The molecule has 0 bridgehead atoms. The number of hydrogen-bond donors (Lipinski definition) is 2. The first-order chi connectivity index (χ1) is 11.2. The van der Waals surface area contributed by atoms with Crippen LogP contribution in [0.25, 0.3) is 0 Å². The molecule has 2 N–H and O–H groups in total. The number of rotatable bonds is 4. The van der Waals surface area contributed by atoms with E-state index in [1.165, 1.54) is 12.1 Å². The van der Waals surface area contributed by atoms with Gasteiger partial charge < -0.3 is 10.3 Å². The van der Waals surface area contributed by atoms with Crippen molar-refractivity contribution in [2.45, 2.75) is 32.9 Å². The highest BCUT2D eigenvalue weighted by Crippen LogP contribution is 2.30. The van der Waals surface area contributed by atoms with E-state index in [-0.39, 0.29) is 24.1 Å². The zero-order valence-corrected chi connectivity index (χ0v) is 13.1. The summed E-state index contributed by atoms with van der Waals surface area (Å²) in [5.41, 5.74) is -0.174. The third-order valence-electron chi connectivity index (χ3n) is 3.42. The fourth-order valence-electron chi connectivity index (χ4n) is 2.28. The average Bonchev–Trinajstić information content (AvgIpc) is 2.45. The number of aryl methyl sites for hydroxylation is 2. The predicted molar refractivity (Wildman–Crippen MR) is 82.7 cm³/mol. The minimum Gasteiger partial charge on any atom is -0.326 e. The number of nitrogens with zero attached hydrogens (tertiary/aromatic N) is 1. The van der Waals surface area contributed by atoms with Crippen molar-refractivity contribution >= 4 is 11.6 Å². The van der Waals surface area contributed by atoms with E-state index in [4.69, 9.17) is 0 Å². The molecule has 8 heteroatoms. The summed E-state index contributed by atoms with van der Waals surface area (Å²) in [5.74, 6) is 0.00312. The minimum atomic E-state index is -4.47. The van der Waals surface area contributed by atoms with E-state index in [2.05, 4.69) is 15.3 Å². The number of carbonyl (C=O) groups excluding carboxylic acids is 1. The lowest BCUT2D eigenvalue weighted by Gasteiger charge is -2.10. The fraction of sp³-hybridized carbons (Fsp3) is 0.312. The number of halogens is 3. The summed E-state index contributed by atoms with van der Waals surface area (Å²) in [6.07, 6.45) is -4.36. The van der Waals surface area contributed by atoms with Crippen LogP contribution in [0.1, 0.15) is 29.1 Å². The maximum Gasteiger partial charge on any atom is 0.416 e. The quantitative estimate of drug-likeness (QED) is 0.899. The number of carbonyl (C=O) groups is 1. The van der Waals surface area contributed by atoms with Gasteiger partial charge in [0.15, 0.2) is 0 Å². The van der Waals surface area contributed by atoms with Gasteiger partial charge in [0.1, 0.15) is 5.82 Å². The van der Waals surface area contributed by atoms with E-state index < -0.39 is 17.6 Å². The number of alkyl halides is 3. The van der Waals surface area contributed by atoms with Gasteiger partial charge in [0.05, 0.1) is 5.56 Å². The molecular formula is C16H16F3N3O2. The number of anilines is 1. The molecule has 0 saturated heterocycles. The normalized spacial score (nSPS) is 11.4. The topological polar surface area (TPSA) is 74.8 Å². The largest absolute Gasteiger partial charge is 0.416 e. The van der Waals surface area contributed by atoms with Crippen LogP contribution in [0.4, 0.5) is 18.9 Å². The molecule has 0 aliphatic carbocycles. The van der Waals surface area contributed by atoms with Crippen LogP contribution in [0.5, 0.6) is 0 Å². The molecule has 0 unspecified atom stereocenters. The summed E-state index contributed by atoms with van der Waals surface area (Å²) in [4.78, 5) is 30.4. The Morgan fingerprint density at radius 2 is 2.00 bits per heavy atom. The first kappa shape index (κ1) is 17.7. The highest BCUT2D eigenvalue weighted by molar-refractivity contribution is 5.90. The number of aromatic nitrogens is 2. The summed E-state index contributed by atoms with van der Waals surface area (Å²) in [6, 6.07) is 4.38. The Balaban J connectivity index is 2.04. The van der Waals surface area contributed by atoms with Gasteiger partial charge in [0.25, 0.3) is 5.56 Å². The molecule has 128 valence electrons. The van der Waals surface area contributed by atoms with Gasteiger partial charge in [-0.05, 0) is 38.5 Å². The first-order valence-corrected chi connectivity index (χ1v) is 7.20. The SMILES string of the molecule is Cc1nc(C)c(CCC(=O)Nc2cccc(C(F)(F)F)c2)c(=O)[nH]1. The lowest BCUT2D eigenvalue weighted by atomic mass is 10.1. The van der Waals surface area contributed by atoms with Gasteiger partial charge >= 0.3 is 6.18 Å². The zero-order chi connectivity index (χ0) is 17.9. The summed E-state index contributed by atoms with van der Waals surface area (Å²) >= 11 is 0. The molecule has 1 aromatic carbocycles. The number of H-pyrrole nitrogens is 1. The second kappa shape index (κ2) is 6.86. The van der Waals surface area contributed by atoms with Crippen molar-refractivity contribution in [2.75, 3.05) is 5.32 Å². The Kier molecular flexibility index (Phi) is 5.06. The van der Waals surface area contributed by atoms with E-state index in [1.807, 2.05) is 0 Å². The summed E-state index contributed by atoms with van der Waals surface area (Å²) in [7, 11) is 0. The van der Waals surface area contributed by atoms with Gasteiger partial charge in [-0.2, -0.15) is 13.2 Å². The van der Waals surface area contributed by atoms with Crippen LogP contribution in [0.3, 0.4) is 0 Å². The molecule has 0 aliphatic heterocycles. The predicted octanol–water partition coefficient (Wildman–Crippen LogP) is 2.98. The lowest BCUT2D eigenvalue weighted by molar-refractivity contribution is -0.137. The molecule has 0 atom stereocenters. The number of nitrogens with one attached hydrogen (secondary N) is 2. The van der Waals surface area contributed by atoms with Crippen LogP contribution >= 0.6 is 0 Å². The average molecular weight is 339 g/mol. The van der Waals surface area contributed by atoms with Crippen molar-refractivity contribution in [3.05, 3.63) is 57.3 Å². The first-order valence-electron chi connectivity index (χ1n) is 7.20. The van der Waals surface area contributed by atoms with Crippen molar-refractivity contribution in [1.29, 1.82) is 0 Å². The Labute approximate surface area is 135 Å². The van der Waals surface area contributed by atoms with E-state index in [0.29, 0.717) is 17.1 Å². The molecule has 0 spiro atoms. The monoisotopic (exact) mass is 339 g/mol. The second-order valence-corrected chi connectivity index (χ2v) is 5.34. The van der Waals surface area contributed by atoms with E-state index in [0.717, 1.165) is 12.1 Å². The number of hydrogen-bond acceptors (Lipinski definition) is 3. The highest BCUT2D eigenvalue weighted by atomic mass is 19.4. The third-order valence-corrected chi connectivity index (χ3v) is 3.42. The van der Waals surface area contributed by atoms with Crippen LogP contribution in [-0.4, -0.2) is 15.9 Å². The van der Waals surface area contributed by atoms with Crippen LogP contribution in [-0.2, 0) is 17.4 Å². The molecule has 0 aliphatic rings. The van der Waals surface area contributed by atoms with Gasteiger partial charge in [0, 0.05) is 23.4 Å². The molecule has 1 heterocycles. The van der Waals surface area contributed by atoms with E-state index in [1.54, 1.807) is 13.8 Å². The standard InChI is InChI=1S/C16H16F3N3O2/c1-9-13(15(24)21-10(2)20-9)6-7-14(23)22-12-5-3-4-11(8-12)16(17,18)19/h3-5,8H,6-7H2,1-2H3,(H,22,23)(H,20,21,24). The van der Waals surface area contributed by atoms with Crippen LogP contribution in [0.15, 0.2) is 29.1 Å². The number of aromatic amines is 1. The van der Waals surface area contributed by atoms with E-state index in [9.17, 15) is 22.8 Å². The van der Waals surface area contributed by atoms with Crippen molar-refractivity contribution in [3.63, 3.8) is 0 Å². The van der Waals surface area contributed by atoms with Crippen molar-refractivity contribution in [3.8, 4) is 0 Å². The number of amides is 1. The molecule has 5 nitrogen and oxygen atoms in total. The highest BCUT2D eigenvalue weighted by Gasteiger charge is 2.30. The van der Waals surface area contributed by atoms with Crippen LogP contribution in [0, 0.1) is 13.8 Å². The molecule has 1 aromatic heterocycles. The third kappa shape index (κ3) is 4.43. The maximum atomic E-state index is 12.6. The van der Waals surface area contributed by atoms with Gasteiger partial charge in [-0.3, -0.25) is 9.59 Å². The van der Waals surface area contributed by atoms with Crippen molar-refractivity contribution in [2.24, 2.45) is 0 Å². The molecule has 0 fully saturated rings. The fourth-order valence-corrected chi connectivity index (χ4v) is 2.28. The van der Waals surface area contributed by atoms with Crippen molar-refractivity contribution < 1.29 is 18.0 Å². The Morgan fingerprint density at radius 1 is 1.29 bits per heavy atom. The molecule has 24 heavy (non-hydrogen) atoms. The molecule has 0 saturated carbocycles. The van der Waals surface area contributed by atoms with Gasteiger partial charge in [0.2, 0.25) is 5.91 Å². The number of benzene rings is 1. The Hall–Kier alpha value is -2.64. The second-order valence-electron chi connectivity index (χ2n) is 5.34. The Morgan fingerprint density at radius 3 is 2.62 bits per heavy atom. The van der Waals surface area contributed by atoms with Gasteiger partial charge in [-0.15, -0.1) is 0 Å². The summed E-state index contributed by atoms with van der Waals surface area (Å²) in [5, 5.41) is 2.40. The van der Waals surface area contributed by atoms with Crippen LogP contribution in [0.2, 0.25) is 0 Å². The molecular weight excluding hydrogens is 323 g/mol. The summed E-state index contributed by atoms with van der Waals surface area (Å²) in [6.45, 7) is 3.32. The zero-order valence-electron chi connectivity index (χ0n) is 13.1. The molecule has 0 radical (unpaired) electrons. The van der Waals surface area contributed by atoms with Gasteiger partial charge in [-0.1, -0.05) is 6.07 Å². The molecule has 2 rings (SSSR count). The van der Waals surface area contributed by atoms with Crippen LogP contribution < -0.4 is 10.9 Å². The van der Waals surface area contributed by atoms with E-state index >= 15 is 0 Å². The Bertz CT molecular complexity index is 813. The maximum absolute atomic E-state index is 12.6. The smallest absolute Gasteiger partial charge is 0.326 e. The minimum absolute atomic E-state index is 0.0368.